The van der Waals surface area contributed by atoms with Crippen molar-refractivity contribution in [3.05, 3.63) is 18.7 Å². The monoisotopic (exact) mass is 250 g/mol. The molecule has 0 amide bonds. The highest BCUT2D eigenvalue weighted by Crippen LogP contribution is 2.15. The largest absolute Gasteiger partial charge is 0.337 e. The van der Waals surface area contributed by atoms with Crippen molar-refractivity contribution in [2.75, 3.05) is 32.7 Å². The molecule has 1 aliphatic rings. The summed E-state index contributed by atoms with van der Waals surface area (Å²) in [7, 11) is 0. The fraction of sp³-hybridized carbons (Fsp3) is 0.786. The molecule has 0 aliphatic carbocycles. The summed E-state index contributed by atoms with van der Waals surface area (Å²) in [4.78, 5) is 6.68. The van der Waals surface area contributed by atoms with Crippen LogP contribution in [0, 0.1) is 5.92 Å². The minimum Gasteiger partial charge on any atom is -0.337 e. The van der Waals surface area contributed by atoms with E-state index in [1.54, 1.807) is 0 Å². The maximum atomic E-state index is 4.06. The van der Waals surface area contributed by atoms with E-state index in [4.69, 9.17) is 0 Å². The molecule has 0 radical (unpaired) electrons. The van der Waals surface area contributed by atoms with E-state index in [9.17, 15) is 0 Å². The first-order chi connectivity index (χ1) is 8.88. The van der Waals surface area contributed by atoms with E-state index in [0.29, 0.717) is 0 Å². The summed E-state index contributed by atoms with van der Waals surface area (Å²) in [5.41, 5.74) is 0. The molecule has 1 N–H and O–H groups in total. The molecule has 0 aromatic carbocycles. The molecule has 1 fully saturated rings. The average molecular weight is 250 g/mol. The summed E-state index contributed by atoms with van der Waals surface area (Å²) >= 11 is 0. The SMILES string of the molecule is CCNCC1CCN(CCCCn2ccnc2)C1. The highest BCUT2D eigenvalue weighted by Gasteiger charge is 2.20. The molecule has 1 saturated heterocycles. The molecule has 2 rings (SSSR count). The first-order valence-electron chi connectivity index (χ1n) is 7.27. The van der Waals surface area contributed by atoms with Crippen molar-refractivity contribution < 1.29 is 0 Å². The number of imidazole rings is 1. The Morgan fingerprint density at radius 1 is 1.33 bits per heavy atom. The van der Waals surface area contributed by atoms with Crippen LogP contribution in [0.3, 0.4) is 0 Å². The van der Waals surface area contributed by atoms with Crippen LogP contribution in [0.15, 0.2) is 18.7 Å². The fourth-order valence-corrected chi connectivity index (χ4v) is 2.68. The first-order valence-corrected chi connectivity index (χ1v) is 7.27. The molecule has 4 nitrogen and oxygen atoms in total. The number of hydrogen-bond acceptors (Lipinski definition) is 3. The molecular weight excluding hydrogens is 224 g/mol. The third-order valence-corrected chi connectivity index (χ3v) is 3.75. The first kappa shape index (κ1) is 13.6. The third kappa shape index (κ3) is 4.42. The van der Waals surface area contributed by atoms with Gasteiger partial charge in [-0.2, -0.15) is 0 Å². The molecule has 0 spiro atoms. The molecule has 18 heavy (non-hydrogen) atoms. The minimum absolute atomic E-state index is 0.874. The van der Waals surface area contributed by atoms with Gasteiger partial charge in [-0.05, 0) is 51.4 Å². The van der Waals surface area contributed by atoms with Crippen LogP contribution in [0.2, 0.25) is 0 Å². The van der Waals surface area contributed by atoms with Gasteiger partial charge in [-0.15, -0.1) is 0 Å². The average Bonchev–Trinajstić information content (AvgIpc) is 3.04. The lowest BCUT2D eigenvalue weighted by atomic mass is 10.1. The lowest BCUT2D eigenvalue weighted by Crippen LogP contribution is -2.27. The third-order valence-electron chi connectivity index (χ3n) is 3.75. The highest BCUT2D eigenvalue weighted by molar-refractivity contribution is 4.77. The Labute approximate surface area is 110 Å². The number of nitrogens with one attached hydrogen (secondary N) is 1. The van der Waals surface area contributed by atoms with Crippen molar-refractivity contribution in [1.82, 2.24) is 19.8 Å². The van der Waals surface area contributed by atoms with Gasteiger partial charge in [0.2, 0.25) is 0 Å². The summed E-state index contributed by atoms with van der Waals surface area (Å²) < 4.78 is 2.16. The van der Waals surface area contributed by atoms with E-state index in [1.807, 2.05) is 18.7 Å². The number of hydrogen-bond donors (Lipinski definition) is 1. The zero-order valence-electron chi connectivity index (χ0n) is 11.5. The zero-order chi connectivity index (χ0) is 12.6. The predicted molar refractivity (Wildman–Crippen MR) is 74.6 cm³/mol. The summed E-state index contributed by atoms with van der Waals surface area (Å²) in [5, 5.41) is 3.46. The second-order valence-electron chi connectivity index (χ2n) is 5.27. The van der Waals surface area contributed by atoms with Gasteiger partial charge in [-0.1, -0.05) is 6.92 Å². The Hall–Kier alpha value is -0.870. The van der Waals surface area contributed by atoms with E-state index in [2.05, 4.69) is 26.7 Å². The Balaban J connectivity index is 1.52. The Morgan fingerprint density at radius 3 is 3.00 bits per heavy atom. The maximum absolute atomic E-state index is 4.06. The van der Waals surface area contributed by atoms with Crippen LogP contribution in [-0.4, -0.2) is 47.2 Å². The molecule has 0 bridgehead atoms. The van der Waals surface area contributed by atoms with Gasteiger partial charge in [0, 0.05) is 25.5 Å². The lowest BCUT2D eigenvalue weighted by molar-refractivity contribution is 0.311. The topological polar surface area (TPSA) is 33.1 Å². The van der Waals surface area contributed by atoms with Crippen molar-refractivity contribution in [2.45, 2.75) is 32.7 Å². The van der Waals surface area contributed by atoms with Crippen molar-refractivity contribution in [2.24, 2.45) is 5.92 Å². The van der Waals surface area contributed by atoms with Crippen molar-refractivity contribution >= 4 is 0 Å². The van der Waals surface area contributed by atoms with Gasteiger partial charge in [0.05, 0.1) is 6.33 Å². The Morgan fingerprint density at radius 2 is 2.22 bits per heavy atom. The normalized spacial score (nSPS) is 20.6. The number of unbranched alkanes of at least 4 members (excludes halogenated alkanes) is 1. The number of nitrogens with zero attached hydrogens (tertiary/aromatic N) is 3. The van der Waals surface area contributed by atoms with Gasteiger partial charge in [-0.25, -0.2) is 4.98 Å². The number of aromatic nitrogens is 2. The molecule has 0 saturated carbocycles. The minimum atomic E-state index is 0.874. The molecule has 4 heteroatoms. The van der Waals surface area contributed by atoms with Crippen LogP contribution < -0.4 is 5.32 Å². The van der Waals surface area contributed by atoms with Gasteiger partial charge >= 0.3 is 0 Å². The van der Waals surface area contributed by atoms with Crippen LogP contribution in [0.5, 0.6) is 0 Å². The molecule has 102 valence electrons. The number of aryl methyl sites for hydroxylation is 1. The molecule has 1 aromatic rings. The molecular formula is C14H26N4. The summed E-state index contributed by atoms with van der Waals surface area (Å²) in [6.45, 7) is 9.43. The zero-order valence-corrected chi connectivity index (χ0v) is 11.5. The second-order valence-corrected chi connectivity index (χ2v) is 5.27. The molecule has 1 aromatic heterocycles. The fourth-order valence-electron chi connectivity index (χ4n) is 2.68. The van der Waals surface area contributed by atoms with Gasteiger partial charge in [0.25, 0.3) is 0 Å². The van der Waals surface area contributed by atoms with Gasteiger partial charge in [0.15, 0.2) is 0 Å². The summed E-state index contributed by atoms with van der Waals surface area (Å²) in [5.74, 6) is 0.874. The highest BCUT2D eigenvalue weighted by atomic mass is 15.1. The number of rotatable bonds is 8. The summed E-state index contributed by atoms with van der Waals surface area (Å²) in [6, 6.07) is 0. The maximum Gasteiger partial charge on any atom is 0.0945 e. The Kier molecular flexibility index (Phi) is 5.68. The van der Waals surface area contributed by atoms with E-state index < -0.39 is 0 Å². The quantitative estimate of drug-likeness (QED) is 0.711. The molecule has 1 atom stereocenters. The van der Waals surface area contributed by atoms with Crippen LogP contribution in [0.1, 0.15) is 26.2 Å². The predicted octanol–water partition coefficient (Wildman–Crippen LogP) is 1.59. The van der Waals surface area contributed by atoms with Gasteiger partial charge in [-0.3, -0.25) is 0 Å². The van der Waals surface area contributed by atoms with Crippen LogP contribution >= 0.6 is 0 Å². The van der Waals surface area contributed by atoms with Crippen LogP contribution in [-0.2, 0) is 6.54 Å². The molecule has 1 aliphatic heterocycles. The van der Waals surface area contributed by atoms with Gasteiger partial charge < -0.3 is 14.8 Å². The summed E-state index contributed by atoms with van der Waals surface area (Å²) in [6.07, 6.45) is 9.72. The van der Waals surface area contributed by atoms with E-state index in [1.165, 1.54) is 45.4 Å². The van der Waals surface area contributed by atoms with Crippen molar-refractivity contribution in [3.8, 4) is 0 Å². The van der Waals surface area contributed by atoms with Crippen molar-refractivity contribution in [3.63, 3.8) is 0 Å². The smallest absolute Gasteiger partial charge is 0.0945 e. The van der Waals surface area contributed by atoms with E-state index >= 15 is 0 Å². The Bertz CT molecular complexity index is 310. The van der Waals surface area contributed by atoms with E-state index in [0.717, 1.165) is 19.0 Å². The van der Waals surface area contributed by atoms with Gasteiger partial charge in [0.1, 0.15) is 0 Å². The van der Waals surface area contributed by atoms with Crippen molar-refractivity contribution in [1.29, 1.82) is 0 Å². The van der Waals surface area contributed by atoms with E-state index in [-0.39, 0.29) is 0 Å². The van der Waals surface area contributed by atoms with Crippen LogP contribution in [0.4, 0.5) is 0 Å². The number of likely N-dealkylation sites (tertiary alicyclic amines) is 1. The standard InChI is InChI=1S/C14H26N4/c1-2-15-11-14-5-9-17(12-14)7-3-4-8-18-10-6-16-13-18/h6,10,13-15H,2-5,7-9,11-12H2,1H3. The second kappa shape index (κ2) is 7.54. The molecule has 2 heterocycles. The lowest BCUT2D eigenvalue weighted by Gasteiger charge is -2.16. The van der Waals surface area contributed by atoms with Crippen LogP contribution in [0.25, 0.3) is 0 Å². The molecule has 1 unspecified atom stereocenters.